The number of amides is 1. The molecule has 0 saturated carbocycles. The number of aliphatic hydroxyl groups is 1. The van der Waals surface area contributed by atoms with Crippen molar-refractivity contribution in [1.82, 2.24) is 9.80 Å². The lowest BCUT2D eigenvalue weighted by atomic mass is 9.94. The minimum Gasteiger partial charge on any atom is -0.507 e. The van der Waals surface area contributed by atoms with Crippen molar-refractivity contribution in [2.45, 2.75) is 19.6 Å². The summed E-state index contributed by atoms with van der Waals surface area (Å²) in [5.41, 5.74) is 3.53. The molecule has 202 valence electrons. The fourth-order valence-corrected chi connectivity index (χ4v) is 4.48. The molecule has 1 heterocycles. The number of carbonyl (C=O) groups excluding carboxylic acids is 3. The van der Waals surface area contributed by atoms with Gasteiger partial charge in [-0.3, -0.25) is 9.59 Å². The lowest BCUT2D eigenvalue weighted by Crippen LogP contribution is -2.35. The van der Waals surface area contributed by atoms with Gasteiger partial charge in [0.1, 0.15) is 18.1 Å². The first-order chi connectivity index (χ1) is 18.7. The Balaban J connectivity index is 1.66. The van der Waals surface area contributed by atoms with Gasteiger partial charge in [-0.2, -0.15) is 0 Å². The maximum absolute atomic E-state index is 13.2. The van der Waals surface area contributed by atoms with Crippen LogP contribution in [-0.4, -0.2) is 66.9 Å². The minimum atomic E-state index is -0.811. The Morgan fingerprint density at radius 3 is 2.21 bits per heavy atom. The van der Waals surface area contributed by atoms with Gasteiger partial charge < -0.3 is 24.4 Å². The van der Waals surface area contributed by atoms with Gasteiger partial charge in [0.25, 0.3) is 11.7 Å². The second-order valence-corrected chi connectivity index (χ2v) is 9.65. The van der Waals surface area contributed by atoms with Gasteiger partial charge in [-0.15, -0.1) is 0 Å². The maximum Gasteiger partial charge on any atom is 0.337 e. The summed E-state index contributed by atoms with van der Waals surface area (Å²) >= 11 is 0. The summed E-state index contributed by atoms with van der Waals surface area (Å²) in [7, 11) is 5.05. The van der Waals surface area contributed by atoms with Crippen molar-refractivity contribution < 1.29 is 29.0 Å². The van der Waals surface area contributed by atoms with E-state index in [0.29, 0.717) is 35.6 Å². The summed E-state index contributed by atoms with van der Waals surface area (Å²) in [4.78, 5) is 41.6. The third-order valence-electron chi connectivity index (χ3n) is 6.76. The number of hydrogen-bond acceptors (Lipinski definition) is 7. The molecule has 1 amide bonds. The standard InChI is InChI=1S/C31H32N2O6/c1-20-7-5-6-8-24(20)19-39-25-15-13-22(14-16-25)28(34)26-27(21-9-11-23(12-10-21)31(37)38-4)33(18-17-32(2)3)30(36)29(26)35/h5-16,27,34H,17-19H2,1-4H3/t27-/m1/s1. The first-order valence-electron chi connectivity index (χ1n) is 12.6. The summed E-state index contributed by atoms with van der Waals surface area (Å²) in [5, 5.41) is 11.3. The SMILES string of the molecule is COC(=O)c1ccc([C@@H]2C(=C(O)c3ccc(OCc4ccccc4C)cc3)C(=O)C(=O)N2CCN(C)C)cc1. The van der Waals surface area contributed by atoms with Gasteiger partial charge in [-0.1, -0.05) is 36.4 Å². The number of nitrogens with zero attached hydrogens (tertiary/aromatic N) is 2. The van der Waals surface area contributed by atoms with Crippen LogP contribution in [0.1, 0.15) is 38.7 Å². The maximum atomic E-state index is 13.2. The van der Waals surface area contributed by atoms with Gasteiger partial charge >= 0.3 is 5.97 Å². The minimum absolute atomic E-state index is 0.00171. The van der Waals surface area contributed by atoms with E-state index in [9.17, 15) is 19.5 Å². The molecular weight excluding hydrogens is 496 g/mol. The van der Waals surface area contributed by atoms with Gasteiger partial charge in [-0.25, -0.2) is 4.79 Å². The zero-order valence-electron chi connectivity index (χ0n) is 22.5. The van der Waals surface area contributed by atoms with Crippen molar-refractivity contribution in [3.8, 4) is 5.75 Å². The van der Waals surface area contributed by atoms with E-state index in [0.717, 1.165) is 11.1 Å². The number of carbonyl (C=O) groups is 3. The number of likely N-dealkylation sites (tertiary alicyclic amines) is 1. The van der Waals surface area contributed by atoms with Crippen LogP contribution in [0.3, 0.4) is 0 Å². The molecular formula is C31H32N2O6. The second-order valence-electron chi connectivity index (χ2n) is 9.65. The van der Waals surface area contributed by atoms with Crippen molar-refractivity contribution in [1.29, 1.82) is 0 Å². The van der Waals surface area contributed by atoms with E-state index in [1.54, 1.807) is 48.5 Å². The molecule has 0 aromatic heterocycles. The van der Waals surface area contributed by atoms with Crippen molar-refractivity contribution in [3.63, 3.8) is 0 Å². The predicted octanol–water partition coefficient (Wildman–Crippen LogP) is 4.34. The van der Waals surface area contributed by atoms with Gasteiger partial charge in [0, 0.05) is 18.7 Å². The largest absolute Gasteiger partial charge is 0.507 e. The molecule has 1 aliphatic rings. The number of benzene rings is 3. The molecule has 4 rings (SSSR count). The highest BCUT2D eigenvalue weighted by Gasteiger charge is 2.45. The van der Waals surface area contributed by atoms with Crippen LogP contribution < -0.4 is 4.74 Å². The lowest BCUT2D eigenvalue weighted by molar-refractivity contribution is -0.140. The van der Waals surface area contributed by atoms with Gasteiger partial charge in [0.05, 0.1) is 24.3 Å². The van der Waals surface area contributed by atoms with Crippen LogP contribution >= 0.6 is 0 Å². The van der Waals surface area contributed by atoms with Crippen molar-refractivity contribution >= 4 is 23.4 Å². The Morgan fingerprint density at radius 2 is 1.59 bits per heavy atom. The number of hydrogen-bond donors (Lipinski definition) is 1. The van der Waals surface area contributed by atoms with E-state index in [1.807, 2.05) is 50.2 Å². The third-order valence-corrected chi connectivity index (χ3v) is 6.76. The molecule has 1 saturated heterocycles. The number of Topliss-reactive ketones (excluding diaryl/α,β-unsaturated/α-hetero) is 1. The Hall–Kier alpha value is -4.43. The van der Waals surface area contributed by atoms with E-state index in [1.165, 1.54) is 12.0 Å². The molecule has 0 aliphatic carbocycles. The van der Waals surface area contributed by atoms with Crippen LogP contribution in [0.2, 0.25) is 0 Å². The van der Waals surface area contributed by atoms with Crippen LogP contribution in [0.25, 0.3) is 5.76 Å². The van der Waals surface area contributed by atoms with Crippen LogP contribution in [0.15, 0.2) is 78.4 Å². The van der Waals surface area contributed by atoms with Crippen molar-refractivity contribution in [2.75, 3.05) is 34.3 Å². The predicted molar refractivity (Wildman–Crippen MR) is 147 cm³/mol. The molecule has 3 aromatic rings. The molecule has 0 spiro atoms. The van der Waals surface area contributed by atoms with Crippen LogP contribution in [0.5, 0.6) is 5.75 Å². The molecule has 39 heavy (non-hydrogen) atoms. The van der Waals surface area contributed by atoms with Crippen LogP contribution in [0, 0.1) is 6.92 Å². The highest BCUT2D eigenvalue weighted by Crippen LogP contribution is 2.39. The van der Waals surface area contributed by atoms with Gasteiger partial charge in [0.15, 0.2) is 0 Å². The quantitative estimate of drug-likeness (QED) is 0.191. The Labute approximate surface area is 228 Å². The summed E-state index contributed by atoms with van der Waals surface area (Å²) in [6, 6.07) is 20.4. The molecule has 3 aromatic carbocycles. The smallest absolute Gasteiger partial charge is 0.337 e. The fraction of sp³-hybridized carbons (Fsp3) is 0.258. The molecule has 1 N–H and O–H groups in total. The number of aliphatic hydroxyl groups excluding tert-OH is 1. The first-order valence-corrected chi connectivity index (χ1v) is 12.6. The molecule has 8 nitrogen and oxygen atoms in total. The van der Waals surface area contributed by atoms with E-state index in [-0.39, 0.29) is 17.9 Å². The molecule has 1 fully saturated rings. The summed E-state index contributed by atoms with van der Waals surface area (Å²) < 4.78 is 10.7. The zero-order valence-corrected chi connectivity index (χ0v) is 22.5. The molecule has 0 radical (unpaired) electrons. The summed E-state index contributed by atoms with van der Waals surface area (Å²) in [6.45, 7) is 3.23. The monoisotopic (exact) mass is 528 g/mol. The van der Waals surface area contributed by atoms with E-state index in [4.69, 9.17) is 9.47 Å². The number of ether oxygens (including phenoxy) is 2. The number of rotatable bonds is 9. The Kier molecular flexibility index (Phi) is 8.46. The fourth-order valence-electron chi connectivity index (χ4n) is 4.48. The number of aryl methyl sites for hydroxylation is 1. The molecule has 8 heteroatoms. The Bertz CT molecular complexity index is 1390. The number of esters is 1. The molecule has 1 atom stereocenters. The first kappa shape index (κ1) is 27.6. The summed E-state index contributed by atoms with van der Waals surface area (Å²) in [5.74, 6) is -1.59. The molecule has 0 bridgehead atoms. The van der Waals surface area contributed by atoms with Crippen molar-refractivity contribution in [2.24, 2.45) is 0 Å². The zero-order chi connectivity index (χ0) is 28.1. The third kappa shape index (κ3) is 6.02. The topological polar surface area (TPSA) is 96.4 Å². The van der Waals surface area contributed by atoms with Gasteiger partial charge in [-0.05, 0) is 74.1 Å². The summed E-state index contributed by atoms with van der Waals surface area (Å²) in [6.07, 6.45) is 0. The average molecular weight is 529 g/mol. The second kappa shape index (κ2) is 12.0. The highest BCUT2D eigenvalue weighted by atomic mass is 16.5. The molecule has 1 aliphatic heterocycles. The van der Waals surface area contributed by atoms with Crippen LogP contribution in [-0.2, 0) is 20.9 Å². The number of ketones is 1. The number of methoxy groups -OCH3 is 1. The Morgan fingerprint density at radius 1 is 0.949 bits per heavy atom. The van der Waals surface area contributed by atoms with E-state index >= 15 is 0 Å². The van der Waals surface area contributed by atoms with E-state index < -0.39 is 23.7 Å². The average Bonchev–Trinajstić information content (AvgIpc) is 3.20. The van der Waals surface area contributed by atoms with Crippen LogP contribution in [0.4, 0.5) is 0 Å². The normalized spacial score (nSPS) is 16.5. The lowest BCUT2D eigenvalue weighted by Gasteiger charge is -2.26. The van der Waals surface area contributed by atoms with Gasteiger partial charge in [0.2, 0.25) is 0 Å². The molecule has 0 unspecified atom stereocenters. The number of likely N-dealkylation sites (N-methyl/N-ethyl adjacent to an activating group) is 1. The van der Waals surface area contributed by atoms with E-state index in [2.05, 4.69) is 0 Å². The highest BCUT2D eigenvalue weighted by molar-refractivity contribution is 6.46. The van der Waals surface area contributed by atoms with Crippen molar-refractivity contribution in [3.05, 3.63) is 106 Å².